The van der Waals surface area contributed by atoms with Crippen molar-refractivity contribution >= 4 is 5.82 Å². The first-order valence-corrected chi connectivity index (χ1v) is 5.30. The van der Waals surface area contributed by atoms with Crippen molar-refractivity contribution in [1.29, 1.82) is 0 Å². The van der Waals surface area contributed by atoms with Crippen molar-refractivity contribution in [2.24, 2.45) is 0 Å². The molecule has 0 saturated carbocycles. The third-order valence-corrected chi connectivity index (χ3v) is 2.78. The van der Waals surface area contributed by atoms with Crippen LogP contribution in [-0.2, 0) is 6.54 Å². The Hall–Kier alpha value is -1.20. The highest BCUT2D eigenvalue weighted by Gasteiger charge is 2.22. The molecule has 90 valence electrons. The van der Waals surface area contributed by atoms with Crippen molar-refractivity contribution in [2.75, 3.05) is 26.0 Å². The Labute approximate surface area is 96.5 Å². The second kappa shape index (κ2) is 5.23. The van der Waals surface area contributed by atoms with Gasteiger partial charge in [0.05, 0.1) is 24.7 Å². The fraction of sp³-hybridized carbons (Fsp3) is 0.636. The number of nitrogens with one attached hydrogen (secondary N) is 1. The molecule has 1 aromatic heterocycles. The molecule has 5 nitrogen and oxygen atoms in total. The van der Waals surface area contributed by atoms with Crippen molar-refractivity contribution < 1.29 is 5.11 Å². The lowest BCUT2D eigenvalue weighted by Gasteiger charge is -2.33. The normalized spacial score (nSPS) is 11.9. The van der Waals surface area contributed by atoms with Crippen LogP contribution in [0.25, 0.3) is 0 Å². The van der Waals surface area contributed by atoms with Crippen molar-refractivity contribution in [1.82, 2.24) is 14.9 Å². The van der Waals surface area contributed by atoms with Gasteiger partial charge in [0.2, 0.25) is 0 Å². The second-order valence-electron chi connectivity index (χ2n) is 4.47. The zero-order chi connectivity index (χ0) is 12.2. The number of aliphatic hydroxyl groups excluding tert-OH is 1. The van der Waals surface area contributed by atoms with Crippen LogP contribution in [0.5, 0.6) is 0 Å². The monoisotopic (exact) mass is 224 g/mol. The predicted molar refractivity (Wildman–Crippen MR) is 64.2 cm³/mol. The maximum atomic E-state index is 9.24. The van der Waals surface area contributed by atoms with Gasteiger partial charge >= 0.3 is 0 Å². The van der Waals surface area contributed by atoms with Gasteiger partial charge in [-0.05, 0) is 20.9 Å². The number of anilines is 1. The zero-order valence-corrected chi connectivity index (χ0v) is 10.4. The summed E-state index contributed by atoms with van der Waals surface area (Å²) in [7, 11) is 3.77. The molecule has 0 aliphatic heterocycles. The molecule has 0 saturated heterocycles. The molecule has 0 amide bonds. The highest BCUT2D eigenvalue weighted by molar-refractivity contribution is 5.29. The number of rotatable bonds is 5. The number of likely N-dealkylation sites (N-methyl/N-ethyl adjacent to an activating group) is 1. The van der Waals surface area contributed by atoms with Crippen LogP contribution >= 0.6 is 0 Å². The molecule has 0 aliphatic rings. The first kappa shape index (κ1) is 12.9. The summed E-state index contributed by atoms with van der Waals surface area (Å²) in [5, 5.41) is 12.2. The maximum Gasteiger partial charge on any atom is 0.144 e. The average molecular weight is 224 g/mol. The van der Waals surface area contributed by atoms with Gasteiger partial charge in [0.25, 0.3) is 0 Å². The minimum Gasteiger partial charge on any atom is -0.394 e. The summed E-state index contributed by atoms with van der Waals surface area (Å²) in [4.78, 5) is 10.5. The first-order valence-electron chi connectivity index (χ1n) is 5.30. The SMILES string of the molecule is CNc1cnc(CN(C)C(C)(C)CO)cn1. The summed E-state index contributed by atoms with van der Waals surface area (Å²) >= 11 is 0. The van der Waals surface area contributed by atoms with Crippen molar-refractivity contribution in [3.63, 3.8) is 0 Å². The summed E-state index contributed by atoms with van der Waals surface area (Å²) in [5.41, 5.74) is 0.645. The zero-order valence-electron chi connectivity index (χ0n) is 10.4. The van der Waals surface area contributed by atoms with E-state index in [0.29, 0.717) is 6.54 Å². The minimum atomic E-state index is -0.247. The predicted octanol–water partition coefficient (Wildman–Crippen LogP) is 0.721. The fourth-order valence-electron chi connectivity index (χ4n) is 1.14. The Kier molecular flexibility index (Phi) is 4.20. The number of nitrogens with zero attached hydrogens (tertiary/aromatic N) is 3. The Morgan fingerprint density at radius 2 is 2.06 bits per heavy atom. The van der Waals surface area contributed by atoms with Gasteiger partial charge in [-0.1, -0.05) is 0 Å². The van der Waals surface area contributed by atoms with Gasteiger partial charge in [-0.15, -0.1) is 0 Å². The van der Waals surface area contributed by atoms with E-state index in [4.69, 9.17) is 0 Å². The molecule has 0 unspecified atom stereocenters. The van der Waals surface area contributed by atoms with Gasteiger partial charge in [0.15, 0.2) is 0 Å². The van der Waals surface area contributed by atoms with Crippen molar-refractivity contribution in [2.45, 2.75) is 25.9 Å². The minimum absolute atomic E-state index is 0.117. The number of aliphatic hydroxyl groups is 1. The second-order valence-corrected chi connectivity index (χ2v) is 4.47. The van der Waals surface area contributed by atoms with E-state index >= 15 is 0 Å². The molecule has 0 bridgehead atoms. The Morgan fingerprint density at radius 1 is 1.38 bits per heavy atom. The molecule has 0 spiro atoms. The lowest BCUT2D eigenvalue weighted by Crippen LogP contribution is -2.43. The summed E-state index contributed by atoms with van der Waals surface area (Å²) in [5.74, 6) is 0.757. The van der Waals surface area contributed by atoms with Crippen LogP contribution in [-0.4, -0.2) is 46.2 Å². The van der Waals surface area contributed by atoms with Crippen LogP contribution in [0.4, 0.5) is 5.82 Å². The number of aromatic nitrogens is 2. The summed E-state index contributed by atoms with van der Waals surface area (Å²) in [6.45, 7) is 4.76. The average Bonchev–Trinajstić information content (AvgIpc) is 2.30. The van der Waals surface area contributed by atoms with Gasteiger partial charge in [-0.2, -0.15) is 0 Å². The molecule has 0 atom stereocenters. The molecule has 1 heterocycles. The number of hydrogen-bond donors (Lipinski definition) is 2. The molecule has 5 heteroatoms. The van der Waals surface area contributed by atoms with Gasteiger partial charge < -0.3 is 10.4 Å². The van der Waals surface area contributed by atoms with Crippen molar-refractivity contribution in [3.8, 4) is 0 Å². The molecular weight excluding hydrogens is 204 g/mol. The van der Waals surface area contributed by atoms with Crippen LogP contribution in [0, 0.1) is 0 Å². The number of hydrogen-bond acceptors (Lipinski definition) is 5. The van der Waals surface area contributed by atoms with E-state index in [0.717, 1.165) is 11.5 Å². The summed E-state index contributed by atoms with van der Waals surface area (Å²) in [6, 6.07) is 0. The standard InChI is InChI=1S/C11H20N4O/c1-11(2,8-16)15(4)7-9-5-14-10(12-3)6-13-9/h5-6,16H,7-8H2,1-4H3,(H,12,14). The van der Waals surface area contributed by atoms with E-state index in [1.165, 1.54) is 0 Å². The van der Waals surface area contributed by atoms with Crippen LogP contribution in [0.2, 0.25) is 0 Å². The maximum absolute atomic E-state index is 9.24. The highest BCUT2D eigenvalue weighted by Crippen LogP contribution is 2.13. The molecule has 2 N–H and O–H groups in total. The largest absolute Gasteiger partial charge is 0.394 e. The van der Waals surface area contributed by atoms with E-state index in [-0.39, 0.29) is 12.1 Å². The van der Waals surface area contributed by atoms with Crippen molar-refractivity contribution in [3.05, 3.63) is 18.1 Å². The van der Waals surface area contributed by atoms with Gasteiger partial charge in [0, 0.05) is 19.1 Å². The first-order chi connectivity index (χ1) is 7.49. The van der Waals surface area contributed by atoms with Gasteiger partial charge in [-0.25, -0.2) is 4.98 Å². The fourth-order valence-corrected chi connectivity index (χ4v) is 1.14. The smallest absolute Gasteiger partial charge is 0.144 e. The highest BCUT2D eigenvalue weighted by atomic mass is 16.3. The Balaban J connectivity index is 2.66. The molecule has 0 aliphatic carbocycles. The molecule has 16 heavy (non-hydrogen) atoms. The molecule has 0 radical (unpaired) electrons. The van der Waals surface area contributed by atoms with Crippen LogP contribution < -0.4 is 5.32 Å². The van der Waals surface area contributed by atoms with E-state index in [2.05, 4.69) is 20.2 Å². The summed E-state index contributed by atoms with van der Waals surface area (Å²) in [6.07, 6.45) is 3.45. The van der Waals surface area contributed by atoms with Crippen LogP contribution in [0.3, 0.4) is 0 Å². The lowest BCUT2D eigenvalue weighted by atomic mass is 10.1. The molecule has 0 aromatic carbocycles. The Morgan fingerprint density at radius 3 is 2.50 bits per heavy atom. The van der Waals surface area contributed by atoms with E-state index < -0.39 is 0 Å². The third kappa shape index (κ3) is 3.15. The quantitative estimate of drug-likeness (QED) is 0.771. The topological polar surface area (TPSA) is 61.3 Å². The summed E-state index contributed by atoms with van der Waals surface area (Å²) < 4.78 is 0. The van der Waals surface area contributed by atoms with E-state index in [1.807, 2.05) is 27.9 Å². The molecule has 1 rings (SSSR count). The van der Waals surface area contributed by atoms with E-state index in [9.17, 15) is 5.11 Å². The molecule has 1 aromatic rings. The van der Waals surface area contributed by atoms with Gasteiger partial charge in [-0.3, -0.25) is 9.88 Å². The molecule has 0 fully saturated rings. The lowest BCUT2D eigenvalue weighted by molar-refractivity contribution is 0.0724. The van der Waals surface area contributed by atoms with Crippen LogP contribution in [0.1, 0.15) is 19.5 Å². The van der Waals surface area contributed by atoms with E-state index in [1.54, 1.807) is 12.4 Å². The van der Waals surface area contributed by atoms with Gasteiger partial charge in [0.1, 0.15) is 5.82 Å². The van der Waals surface area contributed by atoms with Crippen LogP contribution in [0.15, 0.2) is 12.4 Å². The third-order valence-electron chi connectivity index (χ3n) is 2.78. The Bertz CT molecular complexity index is 323. The molecular formula is C11H20N4O.